The van der Waals surface area contributed by atoms with Crippen molar-refractivity contribution in [3.63, 3.8) is 0 Å². The van der Waals surface area contributed by atoms with E-state index in [1.54, 1.807) is 0 Å². The summed E-state index contributed by atoms with van der Waals surface area (Å²) in [4.78, 5) is 4.20. The van der Waals surface area contributed by atoms with Crippen molar-refractivity contribution in [2.24, 2.45) is 0 Å². The van der Waals surface area contributed by atoms with Gasteiger partial charge in [-0.2, -0.15) is 0 Å². The van der Waals surface area contributed by atoms with Crippen LogP contribution in [0.25, 0.3) is 0 Å². The lowest BCUT2D eigenvalue weighted by atomic mass is 10.0. The van der Waals surface area contributed by atoms with Crippen LogP contribution in [-0.2, 0) is 0 Å². The van der Waals surface area contributed by atoms with E-state index in [-0.39, 0.29) is 0 Å². The van der Waals surface area contributed by atoms with Crippen molar-refractivity contribution < 1.29 is 0 Å². The molecule has 0 atom stereocenters. The second-order valence-electron chi connectivity index (χ2n) is 7.02. The maximum absolute atomic E-state index is 2.74. The van der Waals surface area contributed by atoms with Crippen LogP contribution in [0.5, 0.6) is 0 Å². The molecule has 0 bridgehead atoms. The van der Waals surface area contributed by atoms with Crippen molar-refractivity contribution in [2.45, 2.75) is 85.1 Å². The smallest absolute Gasteiger partial charge is 0.0288 e. The topological polar surface area (TPSA) is 6.48 Å². The summed E-state index contributed by atoms with van der Waals surface area (Å²) in [6.45, 7) is 20.1. The molecule has 25 heavy (non-hydrogen) atoms. The molecule has 3 heteroatoms. The Morgan fingerprint density at radius 2 is 1.36 bits per heavy atom. The Morgan fingerprint density at radius 1 is 0.880 bits per heavy atom. The first-order valence-corrected chi connectivity index (χ1v) is 11.1. The number of hydrogen-bond acceptors (Lipinski definition) is 3. The van der Waals surface area contributed by atoms with E-state index in [0.29, 0.717) is 0 Å². The zero-order valence-electron chi connectivity index (χ0n) is 17.7. The zero-order valence-corrected chi connectivity index (χ0v) is 18.5. The van der Waals surface area contributed by atoms with Gasteiger partial charge in [-0.05, 0) is 56.7 Å². The standard InChI is InChI=1S/C20H34N2S.C2H6/c1-6-8-19(9-7-2)21-10-12-22(13-11-21)23-20-17(4)14-16(3)15-18(20)5;1-2/h14-15,19H,6-13H2,1-5H3;1-2H3. The van der Waals surface area contributed by atoms with Gasteiger partial charge in [-0.15, -0.1) is 0 Å². The van der Waals surface area contributed by atoms with Crippen molar-refractivity contribution in [3.05, 3.63) is 28.8 Å². The zero-order chi connectivity index (χ0) is 18.8. The summed E-state index contributed by atoms with van der Waals surface area (Å²) in [7, 11) is 0. The van der Waals surface area contributed by atoms with Crippen molar-refractivity contribution >= 4 is 11.9 Å². The summed E-state index contributed by atoms with van der Waals surface area (Å²) in [5.74, 6) is 0. The molecule has 0 aromatic heterocycles. The highest BCUT2D eigenvalue weighted by atomic mass is 32.2. The molecule has 0 N–H and O–H groups in total. The van der Waals surface area contributed by atoms with E-state index in [2.05, 4.69) is 56.0 Å². The lowest BCUT2D eigenvalue weighted by Crippen LogP contribution is -2.48. The van der Waals surface area contributed by atoms with Crippen LogP contribution < -0.4 is 0 Å². The maximum Gasteiger partial charge on any atom is 0.0288 e. The number of nitrogens with zero attached hydrogens (tertiary/aromatic N) is 2. The molecule has 1 heterocycles. The van der Waals surface area contributed by atoms with Crippen molar-refractivity contribution in [3.8, 4) is 0 Å². The third-order valence-corrected chi connectivity index (χ3v) is 6.31. The summed E-state index contributed by atoms with van der Waals surface area (Å²) in [6.07, 6.45) is 5.33. The summed E-state index contributed by atoms with van der Waals surface area (Å²) in [5.41, 5.74) is 4.21. The minimum absolute atomic E-state index is 0.806. The van der Waals surface area contributed by atoms with Crippen LogP contribution in [0.4, 0.5) is 0 Å². The minimum atomic E-state index is 0.806. The molecule has 1 saturated heterocycles. The third-order valence-electron chi connectivity index (χ3n) is 4.86. The van der Waals surface area contributed by atoms with Gasteiger partial charge in [0.15, 0.2) is 0 Å². The van der Waals surface area contributed by atoms with E-state index in [0.717, 1.165) is 6.04 Å². The van der Waals surface area contributed by atoms with Crippen LogP contribution >= 0.6 is 11.9 Å². The van der Waals surface area contributed by atoms with Crippen LogP contribution in [0.1, 0.15) is 70.1 Å². The van der Waals surface area contributed by atoms with E-state index in [9.17, 15) is 0 Å². The van der Waals surface area contributed by atoms with Crippen molar-refractivity contribution in [2.75, 3.05) is 26.2 Å². The summed E-state index contributed by atoms with van der Waals surface area (Å²) >= 11 is 1.97. The SMILES string of the molecule is CC.CCCC(CCC)N1CCN(Sc2c(C)cc(C)cc2C)CC1. The highest BCUT2D eigenvalue weighted by Gasteiger charge is 2.23. The molecule has 0 amide bonds. The largest absolute Gasteiger partial charge is 0.298 e. The van der Waals surface area contributed by atoms with Crippen molar-refractivity contribution in [1.29, 1.82) is 0 Å². The molecule has 0 spiro atoms. The molecule has 1 fully saturated rings. The summed E-state index contributed by atoms with van der Waals surface area (Å²) in [5, 5.41) is 0. The fourth-order valence-corrected chi connectivity index (χ4v) is 4.79. The van der Waals surface area contributed by atoms with E-state index in [1.807, 2.05) is 25.8 Å². The number of piperazine rings is 1. The van der Waals surface area contributed by atoms with E-state index >= 15 is 0 Å². The highest BCUT2D eigenvalue weighted by Crippen LogP contribution is 2.31. The van der Waals surface area contributed by atoms with E-state index in [1.165, 1.54) is 73.4 Å². The first-order chi connectivity index (χ1) is 12.0. The van der Waals surface area contributed by atoms with Gasteiger partial charge < -0.3 is 0 Å². The number of hydrogen-bond donors (Lipinski definition) is 0. The Kier molecular flexibility index (Phi) is 10.8. The molecule has 144 valence electrons. The molecular weight excluding hydrogens is 324 g/mol. The van der Waals surface area contributed by atoms with Gasteiger partial charge in [0.25, 0.3) is 0 Å². The molecule has 1 aromatic rings. The van der Waals surface area contributed by atoms with E-state index < -0.39 is 0 Å². The highest BCUT2D eigenvalue weighted by molar-refractivity contribution is 7.97. The van der Waals surface area contributed by atoms with Gasteiger partial charge in [-0.1, -0.05) is 58.2 Å². The van der Waals surface area contributed by atoms with Crippen LogP contribution in [0.2, 0.25) is 0 Å². The van der Waals surface area contributed by atoms with Crippen LogP contribution in [-0.4, -0.2) is 41.4 Å². The van der Waals surface area contributed by atoms with Crippen LogP contribution in [0.3, 0.4) is 0 Å². The number of rotatable bonds is 7. The second kappa shape index (κ2) is 12.0. The van der Waals surface area contributed by atoms with Crippen LogP contribution in [0, 0.1) is 20.8 Å². The Labute approximate surface area is 161 Å². The lowest BCUT2D eigenvalue weighted by Gasteiger charge is -2.39. The first-order valence-electron chi connectivity index (χ1n) is 10.3. The van der Waals surface area contributed by atoms with Gasteiger partial charge >= 0.3 is 0 Å². The normalized spacial score (nSPS) is 16.0. The minimum Gasteiger partial charge on any atom is -0.298 e. The predicted molar refractivity (Wildman–Crippen MR) is 115 cm³/mol. The summed E-state index contributed by atoms with van der Waals surface area (Å²) in [6, 6.07) is 5.42. The van der Waals surface area contributed by atoms with E-state index in [4.69, 9.17) is 0 Å². The first kappa shape index (κ1) is 22.5. The molecule has 2 rings (SSSR count). The molecule has 1 aromatic carbocycles. The summed E-state index contributed by atoms with van der Waals surface area (Å²) < 4.78 is 2.57. The monoisotopic (exact) mass is 364 g/mol. The lowest BCUT2D eigenvalue weighted by molar-refractivity contribution is 0.128. The molecule has 0 radical (unpaired) electrons. The molecular formula is C22H40N2S. The Bertz CT molecular complexity index is 464. The average Bonchev–Trinajstić information content (AvgIpc) is 2.60. The van der Waals surface area contributed by atoms with Gasteiger partial charge in [0.2, 0.25) is 0 Å². The second-order valence-corrected chi connectivity index (χ2v) is 8.12. The van der Waals surface area contributed by atoms with Crippen molar-refractivity contribution in [1.82, 2.24) is 9.21 Å². The fourth-order valence-electron chi connectivity index (χ4n) is 3.78. The van der Waals surface area contributed by atoms with Crippen LogP contribution in [0.15, 0.2) is 17.0 Å². The Hall–Kier alpha value is -0.510. The molecule has 2 nitrogen and oxygen atoms in total. The predicted octanol–water partition coefficient (Wildman–Crippen LogP) is 6.23. The maximum atomic E-state index is 2.74. The third kappa shape index (κ3) is 6.96. The Morgan fingerprint density at radius 3 is 1.80 bits per heavy atom. The molecule has 0 saturated carbocycles. The van der Waals surface area contributed by atoms with Gasteiger partial charge in [0.1, 0.15) is 0 Å². The molecule has 1 aliphatic heterocycles. The molecule has 1 aliphatic rings. The fraction of sp³-hybridized carbons (Fsp3) is 0.727. The van der Waals surface area contributed by atoms with Gasteiger partial charge in [0.05, 0.1) is 0 Å². The molecule has 0 unspecified atom stereocenters. The van der Waals surface area contributed by atoms with Gasteiger partial charge in [-0.25, -0.2) is 4.31 Å². The molecule has 0 aliphatic carbocycles. The quantitative estimate of drug-likeness (QED) is 0.529. The number of aryl methyl sites for hydroxylation is 3. The van der Waals surface area contributed by atoms with Gasteiger partial charge in [0, 0.05) is 37.1 Å². The van der Waals surface area contributed by atoms with Gasteiger partial charge in [-0.3, -0.25) is 4.90 Å². The Balaban J connectivity index is 0.00000151. The number of benzene rings is 1. The average molecular weight is 365 g/mol.